The average Bonchev–Trinajstić information content (AvgIpc) is 3.22. The number of benzene rings is 1. The van der Waals surface area contributed by atoms with Crippen LogP contribution in [0.2, 0.25) is 0 Å². The molecule has 0 saturated carbocycles. The smallest absolute Gasteiger partial charge is 0.269 e. The number of aromatic nitrogens is 4. The summed E-state index contributed by atoms with van der Waals surface area (Å²) in [7, 11) is 0. The van der Waals surface area contributed by atoms with Crippen LogP contribution in [0.15, 0.2) is 61.6 Å². The van der Waals surface area contributed by atoms with Gasteiger partial charge in [0.2, 0.25) is 0 Å². The molecule has 0 bridgehead atoms. The molecule has 1 atom stereocenters. The maximum absolute atomic E-state index is 12.0. The highest BCUT2D eigenvalue weighted by atomic mass is 16.1. The Morgan fingerprint density at radius 3 is 2.81 bits per heavy atom. The molecule has 21 heavy (non-hydrogen) atoms. The van der Waals surface area contributed by atoms with E-state index in [-0.39, 0.29) is 11.9 Å². The Balaban J connectivity index is 1.76. The van der Waals surface area contributed by atoms with Crippen molar-refractivity contribution in [1.82, 2.24) is 24.8 Å². The first-order valence-electron chi connectivity index (χ1n) is 6.63. The van der Waals surface area contributed by atoms with Crippen molar-refractivity contribution in [1.29, 1.82) is 0 Å². The topological polar surface area (TPSA) is 75.6 Å². The number of H-pyrrole nitrogens is 1. The van der Waals surface area contributed by atoms with Crippen LogP contribution in [0.5, 0.6) is 0 Å². The van der Waals surface area contributed by atoms with E-state index in [1.807, 2.05) is 41.1 Å². The summed E-state index contributed by atoms with van der Waals surface area (Å²) in [5.74, 6) is -0.173. The van der Waals surface area contributed by atoms with Crippen LogP contribution in [0, 0.1) is 0 Å². The highest BCUT2D eigenvalue weighted by Crippen LogP contribution is 2.17. The van der Waals surface area contributed by atoms with Gasteiger partial charge in [-0.3, -0.25) is 4.79 Å². The van der Waals surface area contributed by atoms with E-state index >= 15 is 0 Å². The van der Waals surface area contributed by atoms with Crippen LogP contribution in [0.3, 0.4) is 0 Å². The largest absolute Gasteiger partial charge is 0.348 e. The lowest BCUT2D eigenvalue weighted by molar-refractivity contribution is 0.0945. The number of hydrogen-bond donors (Lipinski definition) is 2. The number of nitrogens with zero attached hydrogens (tertiary/aromatic N) is 3. The third kappa shape index (κ3) is 3.00. The molecule has 0 radical (unpaired) electrons. The average molecular weight is 281 g/mol. The van der Waals surface area contributed by atoms with Gasteiger partial charge in [0.25, 0.3) is 5.91 Å². The minimum absolute atomic E-state index is 0.000529. The standard InChI is InChI=1S/C15H15N5O/c21-15(13-8-17-10-19-13)18-9-14(20-7-6-16-11-20)12-4-2-1-3-5-12/h1-8,10-11,14H,9H2,(H,17,19)(H,18,21). The fourth-order valence-corrected chi connectivity index (χ4v) is 2.19. The monoisotopic (exact) mass is 281 g/mol. The first kappa shape index (κ1) is 13.1. The summed E-state index contributed by atoms with van der Waals surface area (Å²) in [5, 5.41) is 2.91. The first-order chi connectivity index (χ1) is 10.3. The fourth-order valence-electron chi connectivity index (χ4n) is 2.19. The van der Waals surface area contributed by atoms with Crippen molar-refractivity contribution < 1.29 is 4.79 Å². The summed E-state index contributed by atoms with van der Waals surface area (Å²) in [5.41, 5.74) is 1.56. The number of carbonyl (C=O) groups is 1. The van der Waals surface area contributed by atoms with Crippen LogP contribution in [0.4, 0.5) is 0 Å². The van der Waals surface area contributed by atoms with E-state index in [0.29, 0.717) is 12.2 Å². The number of aromatic amines is 1. The van der Waals surface area contributed by atoms with Crippen molar-refractivity contribution in [3.63, 3.8) is 0 Å². The summed E-state index contributed by atoms with van der Waals surface area (Å²) < 4.78 is 1.97. The highest BCUT2D eigenvalue weighted by molar-refractivity contribution is 5.91. The number of imidazole rings is 2. The zero-order valence-corrected chi connectivity index (χ0v) is 11.3. The van der Waals surface area contributed by atoms with Crippen molar-refractivity contribution in [2.75, 3.05) is 6.54 Å². The predicted molar refractivity (Wildman–Crippen MR) is 77.7 cm³/mol. The van der Waals surface area contributed by atoms with Gasteiger partial charge < -0.3 is 14.9 Å². The first-order valence-corrected chi connectivity index (χ1v) is 6.63. The molecule has 0 saturated heterocycles. The second kappa shape index (κ2) is 6.04. The maximum atomic E-state index is 12.0. The van der Waals surface area contributed by atoms with Gasteiger partial charge in [-0.1, -0.05) is 30.3 Å². The Morgan fingerprint density at radius 1 is 1.29 bits per heavy atom. The Kier molecular flexibility index (Phi) is 3.77. The van der Waals surface area contributed by atoms with Crippen LogP contribution in [-0.2, 0) is 0 Å². The van der Waals surface area contributed by atoms with E-state index in [2.05, 4.69) is 20.3 Å². The lowest BCUT2D eigenvalue weighted by Crippen LogP contribution is -2.31. The van der Waals surface area contributed by atoms with E-state index in [0.717, 1.165) is 5.56 Å². The van der Waals surface area contributed by atoms with Gasteiger partial charge in [0, 0.05) is 18.9 Å². The Hall–Kier alpha value is -2.89. The normalized spacial score (nSPS) is 12.0. The molecule has 0 aliphatic rings. The third-order valence-corrected chi connectivity index (χ3v) is 3.27. The Labute approximate surface area is 121 Å². The summed E-state index contributed by atoms with van der Waals surface area (Å²) >= 11 is 0. The third-order valence-electron chi connectivity index (χ3n) is 3.27. The Morgan fingerprint density at radius 2 is 2.14 bits per heavy atom. The molecule has 6 nitrogen and oxygen atoms in total. The van der Waals surface area contributed by atoms with Gasteiger partial charge in [0.05, 0.1) is 24.9 Å². The van der Waals surface area contributed by atoms with Crippen LogP contribution in [0.1, 0.15) is 22.1 Å². The van der Waals surface area contributed by atoms with Crippen molar-refractivity contribution >= 4 is 5.91 Å². The van der Waals surface area contributed by atoms with Gasteiger partial charge in [-0.2, -0.15) is 0 Å². The Bertz CT molecular complexity index is 676. The molecule has 106 valence electrons. The van der Waals surface area contributed by atoms with Crippen molar-refractivity contribution in [2.24, 2.45) is 0 Å². The van der Waals surface area contributed by atoms with Gasteiger partial charge >= 0.3 is 0 Å². The van der Waals surface area contributed by atoms with Crippen LogP contribution >= 0.6 is 0 Å². The number of amides is 1. The van der Waals surface area contributed by atoms with Crippen LogP contribution in [-0.4, -0.2) is 32.0 Å². The zero-order chi connectivity index (χ0) is 14.5. The van der Waals surface area contributed by atoms with E-state index in [4.69, 9.17) is 0 Å². The molecule has 2 N–H and O–H groups in total. The summed E-state index contributed by atoms with van der Waals surface area (Å²) in [4.78, 5) is 22.7. The summed E-state index contributed by atoms with van der Waals surface area (Å²) in [6, 6.07) is 10.0. The minimum atomic E-state index is -0.173. The molecule has 0 spiro atoms. The molecular weight excluding hydrogens is 266 g/mol. The van der Waals surface area contributed by atoms with Gasteiger partial charge in [0.1, 0.15) is 5.69 Å². The second-order valence-corrected chi connectivity index (χ2v) is 4.61. The molecule has 0 aliphatic heterocycles. The predicted octanol–water partition coefficient (Wildman–Crippen LogP) is 1.63. The van der Waals surface area contributed by atoms with Gasteiger partial charge in [0.15, 0.2) is 0 Å². The summed E-state index contributed by atoms with van der Waals surface area (Å²) in [6.45, 7) is 0.470. The zero-order valence-electron chi connectivity index (χ0n) is 11.3. The molecule has 3 aromatic rings. The van der Waals surface area contributed by atoms with E-state index in [1.54, 1.807) is 12.5 Å². The van der Waals surface area contributed by atoms with Gasteiger partial charge in [-0.15, -0.1) is 0 Å². The van der Waals surface area contributed by atoms with Crippen molar-refractivity contribution in [3.05, 3.63) is 72.8 Å². The minimum Gasteiger partial charge on any atom is -0.348 e. The number of nitrogens with one attached hydrogen (secondary N) is 2. The fraction of sp³-hybridized carbons (Fsp3) is 0.133. The van der Waals surface area contributed by atoms with Gasteiger partial charge in [-0.25, -0.2) is 9.97 Å². The molecule has 0 aliphatic carbocycles. The van der Waals surface area contributed by atoms with Gasteiger partial charge in [-0.05, 0) is 5.56 Å². The lowest BCUT2D eigenvalue weighted by atomic mass is 10.1. The molecule has 1 unspecified atom stereocenters. The summed E-state index contributed by atoms with van der Waals surface area (Å²) in [6.07, 6.45) is 8.36. The molecular formula is C15H15N5O. The molecule has 2 heterocycles. The van der Waals surface area contributed by atoms with E-state index in [1.165, 1.54) is 12.5 Å². The van der Waals surface area contributed by atoms with E-state index < -0.39 is 0 Å². The highest BCUT2D eigenvalue weighted by Gasteiger charge is 2.15. The maximum Gasteiger partial charge on any atom is 0.269 e. The molecule has 2 aromatic heterocycles. The molecule has 6 heteroatoms. The van der Waals surface area contributed by atoms with Crippen molar-refractivity contribution in [3.8, 4) is 0 Å². The lowest BCUT2D eigenvalue weighted by Gasteiger charge is -2.19. The van der Waals surface area contributed by atoms with Crippen molar-refractivity contribution in [2.45, 2.75) is 6.04 Å². The number of hydrogen-bond acceptors (Lipinski definition) is 3. The number of rotatable bonds is 5. The molecule has 0 fully saturated rings. The SMILES string of the molecule is O=C(NCC(c1ccccc1)n1ccnc1)c1cnc[nH]1. The molecule has 1 aromatic carbocycles. The second-order valence-electron chi connectivity index (χ2n) is 4.61. The quantitative estimate of drug-likeness (QED) is 0.746. The van der Waals surface area contributed by atoms with E-state index in [9.17, 15) is 4.79 Å². The van der Waals surface area contributed by atoms with Crippen LogP contribution in [0.25, 0.3) is 0 Å². The number of carbonyl (C=O) groups excluding carboxylic acids is 1. The molecule has 1 amide bonds. The van der Waals surface area contributed by atoms with Crippen LogP contribution < -0.4 is 5.32 Å². The molecule has 3 rings (SSSR count).